The fourth-order valence-corrected chi connectivity index (χ4v) is 12.5. The summed E-state index contributed by atoms with van der Waals surface area (Å²) >= 11 is 6.09. The number of rotatable bonds is 10. The van der Waals surface area contributed by atoms with Crippen LogP contribution in [0.2, 0.25) is 5.02 Å². The molecule has 8 atom stereocenters. The third-order valence-corrected chi connectivity index (χ3v) is 18.2. The highest BCUT2D eigenvalue weighted by molar-refractivity contribution is 6.31. The lowest BCUT2D eigenvalue weighted by atomic mass is 9.84. The summed E-state index contributed by atoms with van der Waals surface area (Å²) in [6.45, 7) is 10.9. The van der Waals surface area contributed by atoms with Crippen molar-refractivity contribution >= 4 is 76.6 Å². The molecule has 0 bridgehead atoms. The van der Waals surface area contributed by atoms with E-state index in [-0.39, 0.29) is 69.7 Å². The first-order valence-electron chi connectivity index (χ1n) is 31.0. The van der Waals surface area contributed by atoms with Gasteiger partial charge in [-0.05, 0) is 99.7 Å². The molecule has 26 heteroatoms. The monoisotopic (exact) mass is 1260 g/mol. The van der Waals surface area contributed by atoms with Gasteiger partial charge in [0, 0.05) is 61.3 Å². The summed E-state index contributed by atoms with van der Waals surface area (Å²) in [5.41, 5.74) is -2.20. The van der Waals surface area contributed by atoms with Crippen molar-refractivity contribution in [3.8, 4) is 0 Å². The van der Waals surface area contributed by atoms with Crippen LogP contribution in [0.4, 0.5) is 13.2 Å². The lowest BCUT2D eigenvalue weighted by Crippen LogP contribution is -2.60. The van der Waals surface area contributed by atoms with Crippen molar-refractivity contribution in [2.75, 3.05) is 68.5 Å². The van der Waals surface area contributed by atoms with Gasteiger partial charge in [-0.1, -0.05) is 97.7 Å². The molecule has 1 aromatic rings. The van der Waals surface area contributed by atoms with E-state index in [4.69, 9.17) is 11.6 Å². The molecule has 4 N–H and O–H groups in total. The van der Waals surface area contributed by atoms with Crippen LogP contribution in [-0.4, -0.2) is 216 Å². The molecule has 0 unspecified atom stereocenters. The Morgan fingerprint density at radius 2 is 1.28 bits per heavy atom. The van der Waals surface area contributed by atoms with E-state index in [0.29, 0.717) is 18.4 Å². The van der Waals surface area contributed by atoms with Gasteiger partial charge in [-0.15, -0.1) is 0 Å². The molecule has 2 heterocycles. The van der Waals surface area contributed by atoms with Crippen molar-refractivity contribution in [1.82, 2.24) is 55.6 Å². The van der Waals surface area contributed by atoms with Gasteiger partial charge in [-0.3, -0.25) is 52.7 Å². The van der Waals surface area contributed by atoms with Gasteiger partial charge in [-0.2, -0.15) is 13.2 Å². The third kappa shape index (κ3) is 18.8. The quantitative estimate of drug-likeness (QED) is 0.256. The normalized spacial score (nSPS) is 26.4. The highest BCUT2D eigenvalue weighted by Crippen LogP contribution is 2.39. The first kappa shape index (κ1) is 72.2. The van der Waals surface area contributed by atoms with Crippen molar-refractivity contribution in [3.63, 3.8) is 0 Å². The van der Waals surface area contributed by atoms with Crippen LogP contribution in [-0.2, 0) is 65.3 Å². The molecule has 2 aliphatic carbocycles. The summed E-state index contributed by atoms with van der Waals surface area (Å²) in [4.78, 5) is 166. The van der Waals surface area contributed by atoms with E-state index in [1.807, 2.05) is 20.8 Å². The molecule has 2 saturated heterocycles. The van der Waals surface area contributed by atoms with Crippen LogP contribution < -0.4 is 21.3 Å². The number of fused-ring (bicyclic) bond motifs is 1. The number of nitrogens with one attached hydrogen (secondary N) is 4. The van der Waals surface area contributed by atoms with Gasteiger partial charge in [-0.25, -0.2) is 0 Å². The standard InChI is InChI=1S/C62H95ClF3N11O11/c1-14-38(6)52-59(87)73(10)34-50(80)71(8)35-51(81)75(12)47(32-40-19-16-15-17-20-40)58(86)72(9)33-48(78)68-44(25-23-41-22-24-42(43(63)31-41)62(64,65)66)57(85)77-28-18-21-45(77)55(83)70-61(26-27-61)60(88)76(13)53(37(4)5)56(84)67-39(7)30-49(79)74(11)46(29-36(2)3)54(82)69-52/h22,24,31,36-40,44-47,52-53H,14-21,23,25-30,32-35H2,1-13H3,(H,67,84)(H,68,78)(H,69,82)(H,70,83)/t38-,39+,44-,45-,46-,47-,52-,53-/m0/s1. The molecule has 0 aromatic heterocycles. The average Bonchev–Trinajstić information content (AvgIpc) is 3.21. The lowest BCUT2D eigenvalue weighted by molar-refractivity contribution is -0.149. The number of amides is 11. The van der Waals surface area contributed by atoms with Crippen LogP contribution in [0, 0.1) is 23.7 Å². The van der Waals surface area contributed by atoms with Crippen LogP contribution in [0.3, 0.4) is 0 Å². The molecule has 2 saturated carbocycles. The van der Waals surface area contributed by atoms with Gasteiger partial charge in [0.15, 0.2) is 0 Å². The average molecular weight is 1260 g/mol. The summed E-state index contributed by atoms with van der Waals surface area (Å²) in [5.74, 6) is -7.85. The number of carbonyl (C=O) groups excluding carboxylic acids is 11. The smallest absolute Gasteiger partial charge is 0.351 e. The zero-order valence-electron chi connectivity index (χ0n) is 53.7. The van der Waals surface area contributed by atoms with Crippen LogP contribution in [0.1, 0.15) is 149 Å². The number of halogens is 4. The van der Waals surface area contributed by atoms with E-state index in [2.05, 4.69) is 21.3 Å². The fraction of sp³-hybridized carbons (Fsp3) is 0.726. The van der Waals surface area contributed by atoms with E-state index in [1.165, 1.54) is 68.0 Å². The summed E-state index contributed by atoms with van der Waals surface area (Å²) in [6.07, 6.45) is 0.967. The second-order valence-corrected chi connectivity index (χ2v) is 26.3. The number of likely N-dealkylation sites (N-methyl/N-ethyl adjacent to an activating group) is 6. The van der Waals surface area contributed by atoms with Gasteiger partial charge in [0.1, 0.15) is 41.8 Å². The van der Waals surface area contributed by atoms with E-state index in [1.54, 1.807) is 27.7 Å². The Bertz CT molecular complexity index is 2720. The van der Waals surface area contributed by atoms with E-state index in [9.17, 15) is 65.9 Å². The largest absolute Gasteiger partial charge is 0.417 e. The predicted molar refractivity (Wildman–Crippen MR) is 323 cm³/mol. The molecule has 2 aliphatic heterocycles. The summed E-state index contributed by atoms with van der Waals surface area (Å²) < 4.78 is 41.1. The van der Waals surface area contributed by atoms with Crippen LogP contribution in [0.15, 0.2) is 18.2 Å². The Kier molecular flexibility index (Phi) is 25.7. The van der Waals surface area contributed by atoms with E-state index < -0.39 is 161 Å². The number of hydrogen-bond donors (Lipinski definition) is 4. The Morgan fingerprint density at radius 1 is 0.670 bits per heavy atom. The minimum atomic E-state index is -4.74. The van der Waals surface area contributed by atoms with Crippen molar-refractivity contribution in [1.29, 1.82) is 0 Å². The Labute approximate surface area is 521 Å². The molecule has 1 aromatic carbocycles. The maximum Gasteiger partial charge on any atom is 0.417 e. The second-order valence-electron chi connectivity index (χ2n) is 25.9. The number of alkyl halides is 3. The van der Waals surface area contributed by atoms with Gasteiger partial charge in [0.2, 0.25) is 65.0 Å². The molecule has 492 valence electrons. The fourth-order valence-electron chi connectivity index (χ4n) is 12.2. The lowest BCUT2D eigenvalue weighted by Gasteiger charge is -2.36. The Balaban J connectivity index is 1.51. The zero-order chi connectivity index (χ0) is 65.9. The zero-order valence-corrected chi connectivity index (χ0v) is 54.4. The van der Waals surface area contributed by atoms with Crippen molar-refractivity contribution in [2.45, 2.75) is 199 Å². The number of hydrogen-bond acceptors (Lipinski definition) is 11. The second kappa shape index (κ2) is 31.3. The molecule has 22 nitrogen and oxygen atoms in total. The van der Waals surface area contributed by atoms with Crippen LogP contribution in [0.25, 0.3) is 0 Å². The number of carbonyl (C=O) groups is 11. The SMILES string of the molecule is CC[C@H](C)[C@@H]1NC(=O)[C@H](CC(C)C)N(C)C(=O)C[C@@H](C)NC(=O)[C@H](C(C)C)N(C)C(=O)C2(CC2)NC(=O)[C@@H]2CCCN2C(=O)[C@H](CCc2ccc(C(F)(F)F)c(Cl)c2)NC(=O)CN(C)C(=O)[C@H](CC2CCCCC2)N(C)C(=O)CN(C)C(=O)CN(C)C1=O. The molecular weight excluding hydrogens is 1170 g/mol. The van der Waals surface area contributed by atoms with Crippen LogP contribution in [0.5, 0.6) is 0 Å². The predicted octanol–water partition coefficient (Wildman–Crippen LogP) is 4.38. The van der Waals surface area contributed by atoms with Crippen molar-refractivity contribution in [3.05, 3.63) is 34.3 Å². The number of aryl methyl sites for hydroxylation is 1. The van der Waals surface area contributed by atoms with Crippen LogP contribution >= 0.6 is 11.6 Å². The summed E-state index contributed by atoms with van der Waals surface area (Å²) in [7, 11) is 8.50. The first-order valence-corrected chi connectivity index (χ1v) is 31.4. The molecule has 1 spiro atoms. The topological polar surface area (TPSA) is 259 Å². The highest BCUT2D eigenvalue weighted by Gasteiger charge is 2.55. The molecule has 0 radical (unpaired) electrons. The van der Waals surface area contributed by atoms with E-state index in [0.717, 1.165) is 58.9 Å². The minimum absolute atomic E-state index is 0.0350. The molecule has 88 heavy (non-hydrogen) atoms. The van der Waals surface area contributed by atoms with Crippen molar-refractivity contribution < 1.29 is 65.9 Å². The van der Waals surface area contributed by atoms with E-state index >= 15 is 0 Å². The molecule has 4 fully saturated rings. The maximum absolute atomic E-state index is 14.9. The number of benzene rings is 1. The summed E-state index contributed by atoms with van der Waals surface area (Å²) in [5, 5.41) is 10.8. The Hall–Kier alpha value is -6.53. The Morgan fingerprint density at radius 3 is 1.86 bits per heavy atom. The molecule has 11 amide bonds. The molecule has 5 rings (SSSR count). The highest BCUT2D eigenvalue weighted by atomic mass is 35.5. The first-order chi connectivity index (χ1) is 41.1. The van der Waals surface area contributed by atoms with Gasteiger partial charge < -0.3 is 55.6 Å². The summed E-state index contributed by atoms with van der Waals surface area (Å²) in [6, 6.07) is -4.57. The van der Waals surface area contributed by atoms with Gasteiger partial charge in [0.05, 0.1) is 30.2 Å². The third-order valence-electron chi connectivity index (χ3n) is 17.9. The molecule has 4 aliphatic rings. The molecular formula is C62H95ClF3N11O11. The maximum atomic E-state index is 14.9. The van der Waals surface area contributed by atoms with Crippen molar-refractivity contribution in [2.24, 2.45) is 23.7 Å². The van der Waals surface area contributed by atoms with Gasteiger partial charge >= 0.3 is 6.18 Å². The number of nitrogens with zero attached hydrogens (tertiary/aromatic N) is 7. The minimum Gasteiger partial charge on any atom is -0.351 e. The van der Waals surface area contributed by atoms with Gasteiger partial charge in [0.25, 0.3) is 0 Å².